The van der Waals surface area contributed by atoms with Gasteiger partial charge in [0.2, 0.25) is 5.91 Å². The van der Waals surface area contributed by atoms with Crippen molar-refractivity contribution in [2.45, 2.75) is 39.5 Å². The molecule has 1 aromatic carbocycles. The Morgan fingerprint density at radius 3 is 2.71 bits per heavy atom. The van der Waals surface area contributed by atoms with Crippen LogP contribution in [0.1, 0.15) is 45.1 Å². The number of anilines is 1. The Hall–Kier alpha value is -1.31. The summed E-state index contributed by atoms with van der Waals surface area (Å²) >= 11 is 0. The van der Waals surface area contributed by atoms with Gasteiger partial charge in [-0.05, 0) is 36.3 Å². The molecule has 0 saturated heterocycles. The lowest BCUT2D eigenvalue weighted by molar-refractivity contribution is -0.117. The van der Waals surface area contributed by atoms with Crippen molar-refractivity contribution in [2.24, 2.45) is 11.8 Å². The molecular weight excluding hydrogens is 210 g/mol. The Morgan fingerprint density at radius 2 is 2.12 bits per heavy atom. The van der Waals surface area contributed by atoms with E-state index in [1.54, 1.807) is 0 Å². The van der Waals surface area contributed by atoms with Crippen LogP contribution in [0.5, 0.6) is 0 Å². The van der Waals surface area contributed by atoms with E-state index in [1.165, 1.54) is 5.56 Å². The van der Waals surface area contributed by atoms with E-state index in [4.69, 9.17) is 0 Å². The van der Waals surface area contributed by atoms with Crippen LogP contribution in [0.2, 0.25) is 0 Å². The third-order valence-corrected chi connectivity index (χ3v) is 3.81. The third kappa shape index (κ3) is 2.68. The van der Waals surface area contributed by atoms with E-state index in [9.17, 15) is 4.79 Å². The van der Waals surface area contributed by atoms with Gasteiger partial charge in [-0.3, -0.25) is 4.79 Å². The fourth-order valence-corrected chi connectivity index (χ4v) is 2.17. The second-order valence-corrected chi connectivity index (χ2v) is 5.21. The molecule has 2 heteroatoms. The van der Waals surface area contributed by atoms with Gasteiger partial charge >= 0.3 is 0 Å². The maximum Gasteiger partial charge on any atom is 0.227 e. The minimum absolute atomic E-state index is 0.188. The van der Waals surface area contributed by atoms with Crippen molar-refractivity contribution in [1.82, 2.24) is 0 Å². The van der Waals surface area contributed by atoms with Crippen molar-refractivity contribution in [2.75, 3.05) is 5.32 Å². The fraction of sp³-hybridized carbons (Fsp3) is 0.533. The lowest BCUT2D eigenvalue weighted by Crippen LogP contribution is -2.16. The monoisotopic (exact) mass is 231 g/mol. The quantitative estimate of drug-likeness (QED) is 0.839. The molecule has 1 aromatic rings. The van der Waals surface area contributed by atoms with Crippen LogP contribution < -0.4 is 5.32 Å². The van der Waals surface area contributed by atoms with Gasteiger partial charge in [0, 0.05) is 11.6 Å². The van der Waals surface area contributed by atoms with Gasteiger partial charge in [0.05, 0.1) is 0 Å². The Morgan fingerprint density at radius 1 is 1.47 bits per heavy atom. The molecule has 1 amide bonds. The van der Waals surface area contributed by atoms with Crippen LogP contribution in [0.15, 0.2) is 24.3 Å². The Kier molecular flexibility index (Phi) is 3.51. The lowest BCUT2D eigenvalue weighted by atomic mass is 9.97. The highest BCUT2D eigenvalue weighted by Crippen LogP contribution is 2.39. The smallest absolute Gasteiger partial charge is 0.227 e. The summed E-state index contributed by atoms with van der Waals surface area (Å²) < 4.78 is 0. The van der Waals surface area contributed by atoms with E-state index in [-0.39, 0.29) is 11.8 Å². The van der Waals surface area contributed by atoms with Crippen molar-refractivity contribution in [3.8, 4) is 0 Å². The SMILES string of the molecule is CC[C@H](C)c1ccccc1NC(=O)[C@H]1C[C@@H]1C. The zero-order chi connectivity index (χ0) is 12.4. The maximum atomic E-state index is 11.9. The summed E-state index contributed by atoms with van der Waals surface area (Å²) in [6, 6.07) is 8.14. The Balaban J connectivity index is 2.12. The number of hydrogen-bond acceptors (Lipinski definition) is 1. The molecule has 1 aliphatic rings. The maximum absolute atomic E-state index is 11.9. The van der Waals surface area contributed by atoms with Gasteiger partial charge in [0.25, 0.3) is 0 Å². The molecule has 92 valence electrons. The molecule has 0 heterocycles. The minimum atomic E-state index is 0.188. The molecule has 0 aliphatic heterocycles. The Bertz CT molecular complexity index is 413. The van der Waals surface area contributed by atoms with E-state index in [0.717, 1.165) is 18.5 Å². The molecule has 0 bridgehead atoms. The van der Waals surface area contributed by atoms with Crippen LogP contribution in [-0.4, -0.2) is 5.91 Å². The fourth-order valence-electron chi connectivity index (χ4n) is 2.17. The van der Waals surface area contributed by atoms with Crippen molar-refractivity contribution in [3.05, 3.63) is 29.8 Å². The van der Waals surface area contributed by atoms with Crippen molar-refractivity contribution in [3.63, 3.8) is 0 Å². The summed E-state index contributed by atoms with van der Waals surface area (Å²) in [5.41, 5.74) is 2.24. The molecule has 17 heavy (non-hydrogen) atoms. The summed E-state index contributed by atoms with van der Waals surface area (Å²) in [6.45, 7) is 6.50. The average molecular weight is 231 g/mol. The van der Waals surface area contributed by atoms with E-state index < -0.39 is 0 Å². The molecular formula is C15H21NO. The highest BCUT2D eigenvalue weighted by atomic mass is 16.2. The summed E-state index contributed by atoms with van der Waals surface area (Å²) in [5, 5.41) is 3.08. The standard InChI is InChI=1S/C15H21NO/c1-4-10(2)12-7-5-6-8-14(12)16-15(17)13-9-11(13)3/h5-8,10-11,13H,4,9H2,1-3H3,(H,16,17)/t10-,11-,13-/m0/s1. The number of benzene rings is 1. The molecule has 1 aliphatic carbocycles. The van der Waals surface area contributed by atoms with Gasteiger partial charge in [0.15, 0.2) is 0 Å². The molecule has 1 fully saturated rings. The zero-order valence-electron chi connectivity index (χ0n) is 10.9. The second kappa shape index (κ2) is 4.91. The molecule has 0 radical (unpaired) electrons. The number of carbonyl (C=O) groups excluding carboxylic acids is 1. The van der Waals surface area contributed by atoms with Gasteiger partial charge < -0.3 is 5.32 Å². The number of hydrogen-bond donors (Lipinski definition) is 1. The highest BCUT2D eigenvalue weighted by molar-refractivity contribution is 5.95. The normalized spacial score (nSPS) is 24.2. The van der Waals surface area contributed by atoms with Gasteiger partial charge in [0.1, 0.15) is 0 Å². The molecule has 1 N–H and O–H groups in total. The molecule has 0 unspecified atom stereocenters. The van der Waals surface area contributed by atoms with Crippen LogP contribution in [0, 0.1) is 11.8 Å². The number of nitrogens with one attached hydrogen (secondary N) is 1. The van der Waals surface area contributed by atoms with Gasteiger partial charge in [-0.2, -0.15) is 0 Å². The molecule has 2 nitrogen and oxygen atoms in total. The average Bonchev–Trinajstić information content (AvgIpc) is 3.06. The van der Waals surface area contributed by atoms with Crippen molar-refractivity contribution in [1.29, 1.82) is 0 Å². The molecule has 0 spiro atoms. The van der Waals surface area contributed by atoms with Gasteiger partial charge in [-0.25, -0.2) is 0 Å². The predicted octanol–water partition coefficient (Wildman–Crippen LogP) is 3.79. The number of rotatable bonds is 4. The third-order valence-electron chi connectivity index (χ3n) is 3.81. The van der Waals surface area contributed by atoms with Gasteiger partial charge in [-0.15, -0.1) is 0 Å². The minimum Gasteiger partial charge on any atom is -0.326 e. The van der Waals surface area contributed by atoms with Gasteiger partial charge in [-0.1, -0.05) is 39.0 Å². The number of carbonyl (C=O) groups is 1. The summed E-state index contributed by atoms with van der Waals surface area (Å²) in [5.74, 6) is 1.47. The highest BCUT2D eigenvalue weighted by Gasteiger charge is 2.39. The van der Waals surface area contributed by atoms with E-state index >= 15 is 0 Å². The van der Waals surface area contributed by atoms with Crippen LogP contribution in [0.3, 0.4) is 0 Å². The lowest BCUT2D eigenvalue weighted by Gasteiger charge is -2.15. The molecule has 0 aromatic heterocycles. The second-order valence-electron chi connectivity index (χ2n) is 5.21. The van der Waals surface area contributed by atoms with Crippen molar-refractivity contribution >= 4 is 11.6 Å². The zero-order valence-corrected chi connectivity index (χ0v) is 10.9. The first-order valence-corrected chi connectivity index (χ1v) is 6.53. The first kappa shape index (κ1) is 12.2. The predicted molar refractivity (Wildman–Crippen MR) is 71.0 cm³/mol. The van der Waals surface area contributed by atoms with Crippen LogP contribution in [0.4, 0.5) is 5.69 Å². The van der Waals surface area contributed by atoms with Crippen LogP contribution in [0.25, 0.3) is 0 Å². The summed E-state index contributed by atoms with van der Waals surface area (Å²) in [6.07, 6.45) is 2.13. The first-order valence-electron chi connectivity index (χ1n) is 6.53. The topological polar surface area (TPSA) is 29.1 Å². The Labute approximate surface area is 103 Å². The van der Waals surface area contributed by atoms with E-state index in [0.29, 0.717) is 11.8 Å². The van der Waals surface area contributed by atoms with E-state index in [1.807, 2.05) is 18.2 Å². The van der Waals surface area contributed by atoms with Crippen LogP contribution >= 0.6 is 0 Å². The largest absolute Gasteiger partial charge is 0.326 e. The molecule has 2 rings (SSSR count). The number of para-hydroxylation sites is 1. The first-order chi connectivity index (χ1) is 8.13. The number of amides is 1. The molecule has 1 saturated carbocycles. The van der Waals surface area contributed by atoms with Crippen LogP contribution in [-0.2, 0) is 4.79 Å². The summed E-state index contributed by atoms with van der Waals surface area (Å²) in [4.78, 5) is 11.9. The van der Waals surface area contributed by atoms with E-state index in [2.05, 4.69) is 32.2 Å². The summed E-state index contributed by atoms with van der Waals surface area (Å²) in [7, 11) is 0. The molecule has 3 atom stereocenters. The van der Waals surface area contributed by atoms with Crippen molar-refractivity contribution < 1.29 is 4.79 Å².